The van der Waals surface area contributed by atoms with Crippen molar-refractivity contribution in [2.24, 2.45) is 0 Å². The lowest BCUT2D eigenvalue weighted by Gasteiger charge is -2.35. The van der Waals surface area contributed by atoms with Crippen LogP contribution in [0.4, 0.5) is 0 Å². The topological polar surface area (TPSA) is 15.3 Å². The van der Waals surface area contributed by atoms with Crippen molar-refractivity contribution in [3.8, 4) is 0 Å². The van der Waals surface area contributed by atoms with E-state index in [1.165, 1.54) is 38.1 Å². The molecule has 14 heavy (non-hydrogen) atoms. The van der Waals surface area contributed by atoms with Crippen LogP contribution in [0, 0.1) is 0 Å². The molecule has 0 aromatic heterocycles. The summed E-state index contributed by atoms with van der Waals surface area (Å²) >= 11 is 2.15. The SMILES string of the molecule is CNC1CCN(C2CSC(C)C2)CC1. The number of nitrogens with zero attached hydrogens (tertiary/aromatic N) is 1. The molecule has 2 unspecified atom stereocenters. The number of likely N-dealkylation sites (tertiary alicyclic amines) is 1. The van der Waals surface area contributed by atoms with Crippen molar-refractivity contribution in [3.63, 3.8) is 0 Å². The van der Waals surface area contributed by atoms with E-state index < -0.39 is 0 Å². The Kier molecular flexibility index (Phi) is 3.74. The Morgan fingerprint density at radius 2 is 2.00 bits per heavy atom. The number of rotatable bonds is 2. The molecule has 0 spiro atoms. The second-order valence-electron chi connectivity index (χ2n) is 4.63. The van der Waals surface area contributed by atoms with Crippen LogP contribution in [0.5, 0.6) is 0 Å². The van der Waals surface area contributed by atoms with Gasteiger partial charge in [-0.2, -0.15) is 11.8 Å². The van der Waals surface area contributed by atoms with Crippen molar-refractivity contribution in [1.82, 2.24) is 10.2 Å². The number of thioether (sulfide) groups is 1. The molecule has 2 atom stereocenters. The molecule has 2 saturated heterocycles. The van der Waals surface area contributed by atoms with Gasteiger partial charge in [0.1, 0.15) is 0 Å². The summed E-state index contributed by atoms with van der Waals surface area (Å²) in [7, 11) is 2.09. The average molecular weight is 214 g/mol. The monoisotopic (exact) mass is 214 g/mol. The number of piperidine rings is 1. The van der Waals surface area contributed by atoms with E-state index in [-0.39, 0.29) is 0 Å². The molecule has 2 nitrogen and oxygen atoms in total. The molecule has 0 aliphatic carbocycles. The minimum Gasteiger partial charge on any atom is -0.317 e. The van der Waals surface area contributed by atoms with Gasteiger partial charge < -0.3 is 5.32 Å². The molecule has 0 aromatic carbocycles. The molecule has 2 rings (SSSR count). The van der Waals surface area contributed by atoms with Gasteiger partial charge in [0.2, 0.25) is 0 Å². The number of hydrogen-bond acceptors (Lipinski definition) is 3. The third-order valence-electron chi connectivity index (χ3n) is 3.63. The predicted octanol–water partition coefficient (Wildman–Crippen LogP) is 1.56. The summed E-state index contributed by atoms with van der Waals surface area (Å²) in [6.07, 6.45) is 4.09. The van der Waals surface area contributed by atoms with Crippen molar-refractivity contribution in [1.29, 1.82) is 0 Å². The smallest absolute Gasteiger partial charge is 0.0196 e. The van der Waals surface area contributed by atoms with Gasteiger partial charge in [-0.05, 0) is 39.4 Å². The van der Waals surface area contributed by atoms with Crippen LogP contribution >= 0.6 is 11.8 Å². The third-order valence-corrected chi connectivity index (χ3v) is 4.97. The number of nitrogens with one attached hydrogen (secondary N) is 1. The highest BCUT2D eigenvalue weighted by Gasteiger charge is 2.29. The van der Waals surface area contributed by atoms with Crippen molar-refractivity contribution in [2.75, 3.05) is 25.9 Å². The van der Waals surface area contributed by atoms with Crippen LogP contribution < -0.4 is 5.32 Å². The van der Waals surface area contributed by atoms with E-state index in [1.54, 1.807) is 0 Å². The Hall–Kier alpha value is 0.270. The standard InChI is InChI=1S/C11H22N2S/c1-9-7-11(8-14-9)13-5-3-10(12-2)4-6-13/h9-12H,3-8H2,1-2H3. The molecule has 2 aliphatic rings. The molecule has 3 heteroatoms. The lowest BCUT2D eigenvalue weighted by atomic mass is 10.0. The Morgan fingerprint density at radius 1 is 1.29 bits per heavy atom. The second-order valence-corrected chi connectivity index (χ2v) is 6.10. The van der Waals surface area contributed by atoms with Gasteiger partial charge in [-0.3, -0.25) is 4.90 Å². The maximum atomic E-state index is 3.39. The normalized spacial score (nSPS) is 36.4. The molecular formula is C11H22N2S. The second kappa shape index (κ2) is 4.86. The van der Waals surface area contributed by atoms with Gasteiger partial charge in [-0.25, -0.2) is 0 Å². The molecule has 0 aromatic rings. The van der Waals surface area contributed by atoms with Gasteiger partial charge in [-0.15, -0.1) is 0 Å². The summed E-state index contributed by atoms with van der Waals surface area (Å²) in [6, 6.07) is 1.66. The molecular weight excluding hydrogens is 192 g/mol. The highest BCUT2D eigenvalue weighted by atomic mass is 32.2. The fraction of sp³-hybridized carbons (Fsp3) is 1.00. The predicted molar refractivity (Wildman–Crippen MR) is 64.0 cm³/mol. The summed E-state index contributed by atoms with van der Waals surface area (Å²) in [5.41, 5.74) is 0. The van der Waals surface area contributed by atoms with Gasteiger partial charge in [0.05, 0.1) is 0 Å². The third kappa shape index (κ3) is 2.44. The van der Waals surface area contributed by atoms with Gasteiger partial charge in [0.15, 0.2) is 0 Å². The van der Waals surface area contributed by atoms with Crippen LogP contribution in [0.15, 0.2) is 0 Å². The first kappa shape index (κ1) is 10.8. The van der Waals surface area contributed by atoms with Crippen LogP contribution in [-0.4, -0.2) is 48.1 Å². The maximum absolute atomic E-state index is 3.39. The fourth-order valence-corrected chi connectivity index (χ4v) is 3.86. The van der Waals surface area contributed by atoms with Crippen LogP contribution in [0.3, 0.4) is 0 Å². The Morgan fingerprint density at radius 3 is 2.50 bits per heavy atom. The van der Waals surface area contributed by atoms with Crippen molar-refractivity contribution >= 4 is 11.8 Å². The molecule has 2 aliphatic heterocycles. The van der Waals surface area contributed by atoms with E-state index in [4.69, 9.17) is 0 Å². The van der Waals surface area contributed by atoms with E-state index in [2.05, 4.69) is 35.9 Å². The van der Waals surface area contributed by atoms with Crippen molar-refractivity contribution in [2.45, 2.75) is 43.5 Å². The lowest BCUT2D eigenvalue weighted by molar-refractivity contribution is 0.155. The van der Waals surface area contributed by atoms with Gasteiger partial charge in [-0.1, -0.05) is 6.92 Å². The zero-order chi connectivity index (χ0) is 9.97. The molecule has 0 amide bonds. The highest BCUT2D eigenvalue weighted by Crippen LogP contribution is 2.30. The summed E-state index contributed by atoms with van der Waals surface area (Å²) in [6.45, 7) is 4.98. The first-order valence-electron chi connectivity index (χ1n) is 5.82. The first-order chi connectivity index (χ1) is 6.79. The summed E-state index contributed by atoms with van der Waals surface area (Å²) in [4.78, 5) is 2.71. The van der Waals surface area contributed by atoms with Gasteiger partial charge >= 0.3 is 0 Å². The van der Waals surface area contributed by atoms with Gasteiger partial charge in [0.25, 0.3) is 0 Å². The molecule has 0 bridgehead atoms. The zero-order valence-electron chi connectivity index (χ0n) is 9.33. The van der Waals surface area contributed by atoms with Crippen molar-refractivity contribution in [3.05, 3.63) is 0 Å². The lowest BCUT2D eigenvalue weighted by Crippen LogP contribution is -2.46. The molecule has 1 N–H and O–H groups in total. The minimum absolute atomic E-state index is 0.776. The van der Waals surface area contributed by atoms with Gasteiger partial charge in [0, 0.05) is 23.1 Å². The molecule has 2 heterocycles. The summed E-state index contributed by atoms with van der Waals surface area (Å²) < 4.78 is 0. The van der Waals surface area contributed by atoms with E-state index in [0.717, 1.165) is 17.3 Å². The largest absolute Gasteiger partial charge is 0.317 e. The molecule has 2 fully saturated rings. The van der Waals surface area contributed by atoms with E-state index in [9.17, 15) is 0 Å². The Labute approximate surface area is 91.8 Å². The van der Waals surface area contributed by atoms with E-state index in [1.807, 2.05) is 0 Å². The average Bonchev–Trinajstić information content (AvgIpc) is 2.65. The Bertz CT molecular complexity index is 178. The maximum Gasteiger partial charge on any atom is 0.0196 e. The molecule has 0 saturated carbocycles. The fourth-order valence-electron chi connectivity index (χ4n) is 2.60. The van der Waals surface area contributed by atoms with Crippen LogP contribution in [0.25, 0.3) is 0 Å². The highest BCUT2D eigenvalue weighted by molar-refractivity contribution is 8.00. The van der Waals surface area contributed by atoms with E-state index >= 15 is 0 Å². The Balaban J connectivity index is 1.78. The zero-order valence-corrected chi connectivity index (χ0v) is 10.1. The molecule has 0 radical (unpaired) electrons. The van der Waals surface area contributed by atoms with E-state index in [0.29, 0.717) is 0 Å². The molecule has 82 valence electrons. The van der Waals surface area contributed by atoms with Crippen LogP contribution in [-0.2, 0) is 0 Å². The summed E-state index contributed by atoms with van der Waals surface area (Å²) in [5.74, 6) is 1.37. The van der Waals surface area contributed by atoms with Crippen molar-refractivity contribution < 1.29 is 0 Å². The summed E-state index contributed by atoms with van der Waals surface area (Å²) in [5, 5.41) is 4.28. The first-order valence-corrected chi connectivity index (χ1v) is 6.87. The number of hydrogen-bond donors (Lipinski definition) is 1. The minimum atomic E-state index is 0.776. The van der Waals surface area contributed by atoms with Crippen LogP contribution in [0.2, 0.25) is 0 Å². The van der Waals surface area contributed by atoms with Crippen LogP contribution in [0.1, 0.15) is 26.2 Å². The quantitative estimate of drug-likeness (QED) is 0.751.